The molecule has 5 rings (SSSR count). The SMILES string of the molecule is CCN1CCC2(CN(c3ncccn3)CC23CCN(C(=O)c2cc(C)cc(C)c2)CC3)C1=O. The summed E-state index contributed by atoms with van der Waals surface area (Å²) in [6.07, 6.45) is 6.06. The Bertz CT molecular complexity index is 1040. The third kappa shape index (κ3) is 3.49. The molecule has 2 spiro atoms. The van der Waals surface area contributed by atoms with Crippen molar-refractivity contribution in [1.29, 1.82) is 0 Å². The number of rotatable bonds is 3. The van der Waals surface area contributed by atoms with Gasteiger partial charge >= 0.3 is 0 Å². The largest absolute Gasteiger partial charge is 0.342 e. The summed E-state index contributed by atoms with van der Waals surface area (Å²) < 4.78 is 0. The number of piperidine rings is 1. The highest BCUT2D eigenvalue weighted by Gasteiger charge is 2.65. The lowest BCUT2D eigenvalue weighted by Gasteiger charge is -2.46. The van der Waals surface area contributed by atoms with Gasteiger partial charge in [-0.1, -0.05) is 17.2 Å². The van der Waals surface area contributed by atoms with E-state index in [0.717, 1.165) is 55.6 Å². The van der Waals surface area contributed by atoms with Gasteiger partial charge in [0.1, 0.15) is 0 Å². The van der Waals surface area contributed by atoms with E-state index in [4.69, 9.17) is 0 Å². The van der Waals surface area contributed by atoms with Crippen LogP contribution in [0, 0.1) is 24.7 Å². The fourth-order valence-corrected chi connectivity index (χ4v) is 6.49. The van der Waals surface area contributed by atoms with E-state index >= 15 is 0 Å². The number of carbonyl (C=O) groups excluding carboxylic acids is 2. The Morgan fingerprint density at radius 1 is 0.970 bits per heavy atom. The van der Waals surface area contributed by atoms with Gasteiger partial charge in [0.2, 0.25) is 11.9 Å². The first-order chi connectivity index (χ1) is 15.9. The Morgan fingerprint density at radius 2 is 1.64 bits per heavy atom. The topological polar surface area (TPSA) is 69.6 Å². The highest BCUT2D eigenvalue weighted by Crippen LogP contribution is 2.58. The zero-order valence-electron chi connectivity index (χ0n) is 19.9. The van der Waals surface area contributed by atoms with Crippen LogP contribution in [0.15, 0.2) is 36.7 Å². The lowest BCUT2D eigenvalue weighted by molar-refractivity contribution is -0.141. The predicted octanol–water partition coefficient (Wildman–Crippen LogP) is 3.07. The van der Waals surface area contributed by atoms with E-state index in [1.807, 2.05) is 41.8 Å². The van der Waals surface area contributed by atoms with Crippen LogP contribution in [0.3, 0.4) is 0 Å². The Morgan fingerprint density at radius 3 is 2.24 bits per heavy atom. The summed E-state index contributed by atoms with van der Waals surface area (Å²) in [7, 11) is 0. The summed E-state index contributed by atoms with van der Waals surface area (Å²) in [5.41, 5.74) is 2.40. The molecule has 3 saturated heterocycles. The van der Waals surface area contributed by atoms with E-state index in [1.165, 1.54) is 0 Å². The number of hydrogen-bond acceptors (Lipinski definition) is 5. The molecule has 1 aromatic heterocycles. The van der Waals surface area contributed by atoms with E-state index in [9.17, 15) is 9.59 Å². The van der Waals surface area contributed by atoms with E-state index in [0.29, 0.717) is 25.6 Å². The van der Waals surface area contributed by atoms with Crippen molar-refractivity contribution >= 4 is 17.8 Å². The van der Waals surface area contributed by atoms with E-state index in [2.05, 4.69) is 27.9 Å². The summed E-state index contributed by atoms with van der Waals surface area (Å²) in [4.78, 5) is 42.1. The standard InChI is InChI=1S/C26H33N5O2/c1-4-29-13-8-26(23(29)33)18-31(24-27-9-5-10-28-24)17-25(26)6-11-30(12-7-25)22(32)21-15-19(2)14-20(3)16-21/h5,9-10,14-16H,4,6-8,11-13,17-18H2,1-3H3. The van der Waals surface area contributed by atoms with E-state index in [1.54, 1.807) is 12.4 Å². The Labute approximate surface area is 195 Å². The summed E-state index contributed by atoms with van der Waals surface area (Å²) in [6, 6.07) is 7.87. The highest BCUT2D eigenvalue weighted by molar-refractivity contribution is 5.95. The van der Waals surface area contributed by atoms with Crippen molar-refractivity contribution in [2.45, 2.75) is 40.0 Å². The van der Waals surface area contributed by atoms with Gasteiger partial charge in [0.05, 0.1) is 5.41 Å². The second-order valence-electron chi connectivity index (χ2n) is 10.1. The number of fused-ring (bicyclic) bond motifs is 1. The first-order valence-electron chi connectivity index (χ1n) is 12.1. The molecule has 1 aromatic carbocycles. The van der Waals surface area contributed by atoms with Crippen LogP contribution in [-0.4, -0.2) is 70.9 Å². The van der Waals surface area contributed by atoms with Gasteiger partial charge in [0.25, 0.3) is 5.91 Å². The fraction of sp³-hybridized carbons (Fsp3) is 0.538. The second-order valence-corrected chi connectivity index (χ2v) is 10.1. The number of nitrogens with zero attached hydrogens (tertiary/aromatic N) is 5. The molecule has 1 atom stereocenters. The van der Waals surface area contributed by atoms with Crippen molar-refractivity contribution < 1.29 is 9.59 Å². The number of hydrogen-bond donors (Lipinski definition) is 0. The van der Waals surface area contributed by atoms with Crippen LogP contribution in [0.5, 0.6) is 0 Å². The van der Waals surface area contributed by atoms with Gasteiger partial charge in [-0.25, -0.2) is 9.97 Å². The molecule has 7 heteroatoms. The van der Waals surface area contributed by atoms with Crippen molar-refractivity contribution in [2.24, 2.45) is 10.8 Å². The van der Waals surface area contributed by atoms with Crippen molar-refractivity contribution in [3.8, 4) is 0 Å². The average molecular weight is 448 g/mol. The molecule has 0 radical (unpaired) electrons. The van der Waals surface area contributed by atoms with Crippen molar-refractivity contribution in [1.82, 2.24) is 19.8 Å². The minimum Gasteiger partial charge on any atom is -0.342 e. The van der Waals surface area contributed by atoms with Crippen LogP contribution in [0.2, 0.25) is 0 Å². The van der Waals surface area contributed by atoms with Gasteiger partial charge in [-0.3, -0.25) is 9.59 Å². The normalized spacial score (nSPS) is 24.3. The monoisotopic (exact) mass is 447 g/mol. The Kier molecular flexibility index (Phi) is 5.38. The van der Waals surface area contributed by atoms with Crippen LogP contribution in [-0.2, 0) is 4.79 Å². The van der Waals surface area contributed by atoms with Gasteiger partial charge in [-0.2, -0.15) is 0 Å². The van der Waals surface area contributed by atoms with Crippen LogP contribution in [0.25, 0.3) is 0 Å². The molecule has 7 nitrogen and oxygen atoms in total. The Hall–Kier alpha value is -2.96. The third-order valence-corrected chi connectivity index (χ3v) is 8.17. The zero-order valence-corrected chi connectivity index (χ0v) is 19.9. The molecule has 3 aliphatic heterocycles. The summed E-state index contributed by atoms with van der Waals surface area (Å²) in [5.74, 6) is 1.07. The summed E-state index contributed by atoms with van der Waals surface area (Å²) in [6.45, 7) is 10.5. The smallest absolute Gasteiger partial charge is 0.253 e. The van der Waals surface area contributed by atoms with Gasteiger partial charge in [-0.15, -0.1) is 0 Å². The number of anilines is 1. The molecular formula is C26H33N5O2. The highest BCUT2D eigenvalue weighted by atomic mass is 16.2. The molecule has 3 fully saturated rings. The number of amides is 2. The van der Waals surface area contributed by atoms with Crippen molar-refractivity contribution in [2.75, 3.05) is 44.2 Å². The average Bonchev–Trinajstić information content (AvgIpc) is 3.31. The van der Waals surface area contributed by atoms with Crippen LogP contribution in [0.4, 0.5) is 5.95 Å². The predicted molar refractivity (Wildman–Crippen MR) is 127 cm³/mol. The molecule has 1 unspecified atom stereocenters. The molecule has 174 valence electrons. The maximum absolute atomic E-state index is 13.7. The third-order valence-electron chi connectivity index (χ3n) is 8.17. The van der Waals surface area contributed by atoms with Gasteiger partial charge in [-0.05, 0) is 58.2 Å². The van der Waals surface area contributed by atoms with Crippen LogP contribution >= 0.6 is 0 Å². The molecule has 0 bridgehead atoms. The van der Waals surface area contributed by atoms with Gasteiger partial charge in [0.15, 0.2) is 0 Å². The molecule has 33 heavy (non-hydrogen) atoms. The fourth-order valence-electron chi connectivity index (χ4n) is 6.49. The minimum atomic E-state index is -0.419. The van der Waals surface area contributed by atoms with Crippen LogP contribution in [0.1, 0.15) is 47.7 Å². The number of aromatic nitrogens is 2. The molecule has 2 amide bonds. The van der Waals surface area contributed by atoms with Crippen LogP contribution < -0.4 is 4.90 Å². The summed E-state index contributed by atoms with van der Waals surface area (Å²) >= 11 is 0. The van der Waals surface area contributed by atoms with Crippen molar-refractivity contribution in [3.63, 3.8) is 0 Å². The lowest BCUT2D eigenvalue weighted by Crippen LogP contribution is -2.53. The molecule has 3 aliphatic rings. The molecular weight excluding hydrogens is 414 g/mol. The molecule has 4 heterocycles. The first kappa shape index (κ1) is 21.9. The second kappa shape index (κ2) is 8.12. The van der Waals surface area contributed by atoms with Gasteiger partial charge in [0, 0.05) is 62.6 Å². The number of benzene rings is 1. The van der Waals surface area contributed by atoms with E-state index < -0.39 is 5.41 Å². The number of aryl methyl sites for hydroxylation is 2. The molecule has 2 aromatic rings. The first-order valence-corrected chi connectivity index (χ1v) is 12.1. The number of likely N-dealkylation sites (tertiary alicyclic amines) is 2. The Balaban J connectivity index is 1.41. The molecule has 0 N–H and O–H groups in total. The minimum absolute atomic E-state index is 0.0971. The van der Waals surface area contributed by atoms with E-state index in [-0.39, 0.29) is 17.2 Å². The molecule has 0 saturated carbocycles. The number of carbonyl (C=O) groups is 2. The maximum Gasteiger partial charge on any atom is 0.253 e. The maximum atomic E-state index is 13.7. The molecule has 0 aliphatic carbocycles. The summed E-state index contributed by atoms with van der Waals surface area (Å²) in [5, 5.41) is 0. The zero-order chi connectivity index (χ0) is 23.2. The van der Waals surface area contributed by atoms with Gasteiger partial charge < -0.3 is 14.7 Å². The lowest BCUT2D eigenvalue weighted by atomic mass is 9.60. The van der Waals surface area contributed by atoms with Crippen molar-refractivity contribution in [3.05, 3.63) is 53.3 Å². The quantitative estimate of drug-likeness (QED) is 0.723.